The second-order valence-corrected chi connectivity index (χ2v) is 3.12. The molecule has 0 aliphatic heterocycles. The van der Waals surface area contributed by atoms with Crippen LogP contribution in [0.4, 0.5) is 0 Å². The van der Waals surface area contributed by atoms with Crippen LogP contribution < -0.4 is 4.74 Å². The molecule has 0 N–H and O–H groups in total. The number of aryl methyl sites for hydroxylation is 1. The molecule has 0 bridgehead atoms. The minimum Gasteiger partial charge on any atom is -0.489 e. The van der Waals surface area contributed by atoms with Crippen LogP contribution in [0.25, 0.3) is 0 Å². The predicted molar refractivity (Wildman–Crippen MR) is 60.6 cm³/mol. The molecule has 0 atom stereocenters. The van der Waals surface area contributed by atoms with Crippen molar-refractivity contribution in [3.63, 3.8) is 0 Å². The first-order valence-electron chi connectivity index (χ1n) is 4.74. The SMILES string of the molecule is C=CC(=CC)COc1ccccc1C. The molecule has 1 aromatic rings. The lowest BCUT2D eigenvalue weighted by molar-refractivity contribution is 0.353. The average Bonchev–Trinajstić information content (AvgIpc) is 2.22. The molecular weight excluding hydrogens is 172 g/mol. The Morgan fingerprint density at radius 2 is 2.14 bits per heavy atom. The summed E-state index contributed by atoms with van der Waals surface area (Å²) >= 11 is 0. The third kappa shape index (κ3) is 2.77. The molecule has 1 aromatic carbocycles. The number of benzene rings is 1. The van der Waals surface area contributed by atoms with E-state index >= 15 is 0 Å². The minimum absolute atomic E-state index is 0.588. The molecule has 1 heteroatoms. The molecule has 0 unspecified atom stereocenters. The first-order chi connectivity index (χ1) is 6.77. The maximum Gasteiger partial charge on any atom is 0.122 e. The predicted octanol–water partition coefficient (Wildman–Crippen LogP) is 3.51. The van der Waals surface area contributed by atoms with Crippen molar-refractivity contribution in [1.29, 1.82) is 0 Å². The van der Waals surface area contributed by atoms with Crippen LogP contribution in [0.5, 0.6) is 5.75 Å². The number of para-hydroxylation sites is 1. The topological polar surface area (TPSA) is 9.23 Å². The quantitative estimate of drug-likeness (QED) is 0.657. The Morgan fingerprint density at radius 3 is 2.71 bits per heavy atom. The standard InChI is InChI=1S/C13H16O/c1-4-12(5-2)10-14-13-9-7-6-8-11(13)3/h4-9H,1,10H2,2-3H3. The highest BCUT2D eigenvalue weighted by atomic mass is 16.5. The largest absolute Gasteiger partial charge is 0.489 e. The summed E-state index contributed by atoms with van der Waals surface area (Å²) in [4.78, 5) is 0. The Morgan fingerprint density at radius 1 is 1.43 bits per heavy atom. The summed E-state index contributed by atoms with van der Waals surface area (Å²) in [5.74, 6) is 0.939. The van der Waals surface area contributed by atoms with Gasteiger partial charge in [-0.1, -0.05) is 36.9 Å². The summed E-state index contributed by atoms with van der Waals surface area (Å²) in [7, 11) is 0. The van der Waals surface area contributed by atoms with Crippen molar-refractivity contribution in [3.8, 4) is 5.75 Å². The summed E-state index contributed by atoms with van der Waals surface area (Å²) in [6, 6.07) is 8.00. The van der Waals surface area contributed by atoms with Crippen molar-refractivity contribution in [2.75, 3.05) is 6.61 Å². The molecule has 0 radical (unpaired) electrons. The Labute approximate surface area is 85.7 Å². The van der Waals surface area contributed by atoms with Gasteiger partial charge in [0.25, 0.3) is 0 Å². The van der Waals surface area contributed by atoms with Gasteiger partial charge in [0.2, 0.25) is 0 Å². The molecule has 0 saturated heterocycles. The molecular formula is C13H16O. The van der Waals surface area contributed by atoms with Gasteiger partial charge in [0.15, 0.2) is 0 Å². The van der Waals surface area contributed by atoms with Gasteiger partial charge in [0.05, 0.1) is 0 Å². The highest BCUT2D eigenvalue weighted by molar-refractivity contribution is 5.32. The molecule has 74 valence electrons. The van der Waals surface area contributed by atoms with Crippen LogP contribution in [-0.4, -0.2) is 6.61 Å². The van der Waals surface area contributed by atoms with E-state index in [-0.39, 0.29) is 0 Å². The van der Waals surface area contributed by atoms with Crippen molar-refractivity contribution < 1.29 is 4.74 Å². The van der Waals surface area contributed by atoms with E-state index in [9.17, 15) is 0 Å². The van der Waals surface area contributed by atoms with Gasteiger partial charge in [0.1, 0.15) is 12.4 Å². The van der Waals surface area contributed by atoms with Crippen molar-refractivity contribution in [1.82, 2.24) is 0 Å². The van der Waals surface area contributed by atoms with Crippen LogP contribution in [0, 0.1) is 6.92 Å². The van der Waals surface area contributed by atoms with Gasteiger partial charge >= 0.3 is 0 Å². The summed E-state index contributed by atoms with van der Waals surface area (Å²) in [6.07, 6.45) is 3.82. The van der Waals surface area contributed by atoms with E-state index in [1.54, 1.807) is 0 Å². The summed E-state index contributed by atoms with van der Waals surface area (Å²) in [5.41, 5.74) is 2.26. The van der Waals surface area contributed by atoms with E-state index in [4.69, 9.17) is 4.74 Å². The summed E-state index contributed by atoms with van der Waals surface area (Å²) < 4.78 is 5.64. The molecule has 0 fully saturated rings. The van der Waals surface area contributed by atoms with Gasteiger partial charge in [-0.2, -0.15) is 0 Å². The molecule has 0 amide bonds. The molecule has 1 nitrogen and oxygen atoms in total. The van der Waals surface area contributed by atoms with Gasteiger partial charge in [-0.05, 0) is 31.1 Å². The Kier molecular flexibility index (Phi) is 3.99. The van der Waals surface area contributed by atoms with Crippen LogP contribution in [0.3, 0.4) is 0 Å². The second-order valence-electron chi connectivity index (χ2n) is 3.12. The van der Waals surface area contributed by atoms with Crippen molar-refractivity contribution in [2.24, 2.45) is 0 Å². The fraction of sp³-hybridized carbons (Fsp3) is 0.231. The monoisotopic (exact) mass is 188 g/mol. The van der Waals surface area contributed by atoms with E-state index < -0.39 is 0 Å². The second kappa shape index (κ2) is 5.28. The zero-order chi connectivity index (χ0) is 10.4. The average molecular weight is 188 g/mol. The number of rotatable bonds is 4. The van der Waals surface area contributed by atoms with Crippen molar-refractivity contribution in [2.45, 2.75) is 13.8 Å². The molecule has 0 spiro atoms. The zero-order valence-corrected chi connectivity index (χ0v) is 8.79. The highest BCUT2D eigenvalue weighted by Crippen LogP contribution is 2.16. The zero-order valence-electron chi connectivity index (χ0n) is 8.79. The Balaban J connectivity index is 2.62. The number of ether oxygens (including phenoxy) is 1. The Bertz CT molecular complexity index is 337. The first-order valence-corrected chi connectivity index (χ1v) is 4.74. The first kappa shape index (κ1) is 10.6. The highest BCUT2D eigenvalue weighted by Gasteiger charge is 1.97. The van der Waals surface area contributed by atoms with Gasteiger partial charge in [-0.15, -0.1) is 0 Å². The lowest BCUT2D eigenvalue weighted by atomic mass is 10.2. The van der Waals surface area contributed by atoms with Crippen LogP contribution in [-0.2, 0) is 0 Å². The lowest BCUT2D eigenvalue weighted by Crippen LogP contribution is -2.00. The van der Waals surface area contributed by atoms with E-state index in [0.717, 1.165) is 16.9 Å². The van der Waals surface area contributed by atoms with Gasteiger partial charge in [0, 0.05) is 0 Å². The van der Waals surface area contributed by atoms with E-state index in [1.165, 1.54) is 0 Å². The molecule has 0 aliphatic carbocycles. The van der Waals surface area contributed by atoms with Crippen LogP contribution in [0.2, 0.25) is 0 Å². The molecule has 0 aromatic heterocycles. The third-order valence-corrected chi connectivity index (χ3v) is 2.12. The fourth-order valence-electron chi connectivity index (χ4n) is 1.14. The molecule has 0 aliphatic rings. The number of hydrogen-bond acceptors (Lipinski definition) is 1. The van der Waals surface area contributed by atoms with Crippen LogP contribution in [0.15, 0.2) is 48.6 Å². The molecule has 0 saturated carbocycles. The number of allylic oxidation sites excluding steroid dienone is 1. The Hall–Kier alpha value is -1.50. The van der Waals surface area contributed by atoms with Gasteiger partial charge in [-0.25, -0.2) is 0 Å². The minimum atomic E-state index is 0.588. The number of hydrogen-bond donors (Lipinski definition) is 0. The van der Waals surface area contributed by atoms with E-state index in [2.05, 4.69) is 6.58 Å². The lowest BCUT2D eigenvalue weighted by Gasteiger charge is -2.08. The summed E-state index contributed by atoms with van der Waals surface area (Å²) in [6.45, 7) is 8.33. The molecule has 0 heterocycles. The van der Waals surface area contributed by atoms with Crippen molar-refractivity contribution >= 4 is 0 Å². The van der Waals surface area contributed by atoms with Crippen molar-refractivity contribution in [3.05, 3.63) is 54.1 Å². The van der Waals surface area contributed by atoms with E-state index in [1.807, 2.05) is 50.3 Å². The van der Waals surface area contributed by atoms with Crippen LogP contribution in [0.1, 0.15) is 12.5 Å². The maximum atomic E-state index is 5.64. The third-order valence-electron chi connectivity index (χ3n) is 2.12. The maximum absolute atomic E-state index is 5.64. The molecule has 14 heavy (non-hydrogen) atoms. The van der Waals surface area contributed by atoms with E-state index in [0.29, 0.717) is 6.61 Å². The van der Waals surface area contributed by atoms with Crippen LogP contribution >= 0.6 is 0 Å². The van der Waals surface area contributed by atoms with Gasteiger partial charge in [-0.3, -0.25) is 0 Å². The smallest absolute Gasteiger partial charge is 0.122 e. The van der Waals surface area contributed by atoms with Gasteiger partial charge < -0.3 is 4.74 Å². The fourth-order valence-corrected chi connectivity index (χ4v) is 1.14. The molecule has 1 rings (SSSR count). The normalized spacial score (nSPS) is 11.1. The summed E-state index contributed by atoms with van der Waals surface area (Å²) in [5, 5.41) is 0.